The molecular formula is C14H17NO3S. The van der Waals surface area contributed by atoms with Gasteiger partial charge in [-0.1, -0.05) is 17.7 Å². The van der Waals surface area contributed by atoms with Crippen molar-refractivity contribution < 1.29 is 12.8 Å². The summed E-state index contributed by atoms with van der Waals surface area (Å²) >= 11 is 0. The average molecular weight is 279 g/mol. The highest BCUT2D eigenvalue weighted by atomic mass is 32.2. The Bertz CT molecular complexity index is 601. The van der Waals surface area contributed by atoms with Gasteiger partial charge in [-0.25, -0.2) is 8.42 Å². The number of hydrogen-bond donors (Lipinski definition) is 1. The highest BCUT2D eigenvalue weighted by molar-refractivity contribution is 7.91. The lowest BCUT2D eigenvalue weighted by molar-refractivity contribution is 0.560. The van der Waals surface area contributed by atoms with Crippen LogP contribution in [0.4, 0.5) is 0 Å². The molecule has 1 heterocycles. The molecule has 19 heavy (non-hydrogen) atoms. The fourth-order valence-electron chi connectivity index (χ4n) is 1.70. The maximum atomic E-state index is 12.0. The lowest BCUT2D eigenvalue weighted by Gasteiger charge is -2.06. The number of nitrogens with one attached hydrogen (secondary N) is 1. The summed E-state index contributed by atoms with van der Waals surface area (Å²) in [6.07, 6.45) is 3.24. The van der Waals surface area contributed by atoms with E-state index in [-0.39, 0.29) is 5.75 Å². The summed E-state index contributed by atoms with van der Waals surface area (Å²) in [7, 11) is -3.20. The van der Waals surface area contributed by atoms with E-state index in [1.165, 1.54) is 0 Å². The van der Waals surface area contributed by atoms with Crippen LogP contribution >= 0.6 is 0 Å². The van der Waals surface area contributed by atoms with Crippen LogP contribution in [-0.4, -0.2) is 20.7 Å². The number of aryl methyl sites for hydroxylation is 1. The first-order valence-electron chi connectivity index (χ1n) is 6.09. The van der Waals surface area contributed by atoms with Gasteiger partial charge in [0.1, 0.15) is 0 Å². The molecule has 0 fully saturated rings. The van der Waals surface area contributed by atoms with E-state index in [1.54, 1.807) is 24.7 Å². The van der Waals surface area contributed by atoms with Crippen molar-refractivity contribution in [3.63, 3.8) is 0 Å². The molecule has 102 valence electrons. The number of rotatable bonds is 6. The normalized spacial score (nSPS) is 11.6. The molecule has 1 aromatic heterocycles. The van der Waals surface area contributed by atoms with Gasteiger partial charge in [0.05, 0.1) is 23.2 Å². The van der Waals surface area contributed by atoms with Gasteiger partial charge < -0.3 is 9.73 Å². The monoisotopic (exact) mass is 279 g/mol. The molecular weight excluding hydrogens is 262 g/mol. The standard InChI is InChI=1S/C14H17NO3S/c1-12-2-4-14(5-3-12)19(16,17)9-7-15-10-13-6-8-18-11-13/h2-6,8,11,15H,7,9-10H2,1H3. The molecule has 1 N–H and O–H groups in total. The summed E-state index contributed by atoms with van der Waals surface area (Å²) < 4.78 is 29.0. The smallest absolute Gasteiger partial charge is 0.179 e. The third-order valence-electron chi connectivity index (χ3n) is 2.84. The lowest BCUT2D eigenvalue weighted by Crippen LogP contribution is -2.22. The predicted octanol–water partition coefficient (Wildman–Crippen LogP) is 2.15. The average Bonchev–Trinajstić information content (AvgIpc) is 2.88. The van der Waals surface area contributed by atoms with E-state index in [9.17, 15) is 8.42 Å². The van der Waals surface area contributed by atoms with E-state index in [0.29, 0.717) is 18.0 Å². The first kappa shape index (κ1) is 13.8. The summed E-state index contributed by atoms with van der Waals surface area (Å²) in [5, 5.41) is 3.09. The molecule has 4 nitrogen and oxygen atoms in total. The van der Waals surface area contributed by atoms with Gasteiger partial charge in [0.15, 0.2) is 9.84 Å². The largest absolute Gasteiger partial charge is 0.472 e. The van der Waals surface area contributed by atoms with Crippen LogP contribution in [0.3, 0.4) is 0 Å². The van der Waals surface area contributed by atoms with Crippen LogP contribution in [0.25, 0.3) is 0 Å². The Hall–Kier alpha value is -1.59. The van der Waals surface area contributed by atoms with Gasteiger partial charge in [-0.3, -0.25) is 0 Å². The predicted molar refractivity (Wildman–Crippen MR) is 73.6 cm³/mol. The van der Waals surface area contributed by atoms with Crippen LogP contribution in [0.2, 0.25) is 0 Å². The zero-order valence-electron chi connectivity index (χ0n) is 10.8. The molecule has 0 atom stereocenters. The van der Waals surface area contributed by atoms with Crippen molar-refractivity contribution in [1.82, 2.24) is 5.32 Å². The molecule has 5 heteroatoms. The molecule has 0 spiro atoms. The number of furan rings is 1. The van der Waals surface area contributed by atoms with E-state index in [0.717, 1.165) is 11.1 Å². The molecule has 0 aliphatic carbocycles. The van der Waals surface area contributed by atoms with Crippen LogP contribution in [0, 0.1) is 6.92 Å². The Kier molecular flexibility index (Phi) is 4.39. The highest BCUT2D eigenvalue weighted by Gasteiger charge is 2.13. The quantitative estimate of drug-likeness (QED) is 0.823. The maximum Gasteiger partial charge on any atom is 0.179 e. The third kappa shape index (κ3) is 3.94. The zero-order chi connectivity index (χ0) is 13.7. The first-order valence-corrected chi connectivity index (χ1v) is 7.74. The van der Waals surface area contributed by atoms with E-state index >= 15 is 0 Å². The van der Waals surface area contributed by atoms with E-state index < -0.39 is 9.84 Å². The summed E-state index contributed by atoms with van der Waals surface area (Å²) in [5.41, 5.74) is 2.06. The van der Waals surface area contributed by atoms with Crippen molar-refractivity contribution in [2.45, 2.75) is 18.4 Å². The molecule has 2 aromatic rings. The van der Waals surface area contributed by atoms with Gasteiger partial charge in [-0.15, -0.1) is 0 Å². The second-order valence-electron chi connectivity index (χ2n) is 4.44. The molecule has 1 aromatic carbocycles. The number of hydrogen-bond acceptors (Lipinski definition) is 4. The summed E-state index contributed by atoms with van der Waals surface area (Å²) in [6, 6.07) is 8.78. The van der Waals surface area contributed by atoms with Crippen molar-refractivity contribution in [2.75, 3.05) is 12.3 Å². The van der Waals surface area contributed by atoms with Gasteiger partial charge in [0.25, 0.3) is 0 Å². The fraction of sp³-hybridized carbons (Fsp3) is 0.286. The van der Waals surface area contributed by atoms with E-state index in [2.05, 4.69) is 5.32 Å². The Morgan fingerprint density at radius 1 is 1.16 bits per heavy atom. The molecule has 0 saturated carbocycles. The van der Waals surface area contributed by atoms with Gasteiger partial charge in [0, 0.05) is 18.7 Å². The molecule has 0 saturated heterocycles. The van der Waals surface area contributed by atoms with Crippen molar-refractivity contribution in [2.24, 2.45) is 0 Å². The molecule has 2 rings (SSSR count). The van der Waals surface area contributed by atoms with Crippen molar-refractivity contribution in [3.05, 3.63) is 54.0 Å². The Balaban J connectivity index is 1.86. The van der Waals surface area contributed by atoms with Crippen LogP contribution < -0.4 is 5.32 Å². The van der Waals surface area contributed by atoms with Crippen molar-refractivity contribution in [1.29, 1.82) is 0 Å². The SMILES string of the molecule is Cc1ccc(S(=O)(=O)CCNCc2ccoc2)cc1. The minimum atomic E-state index is -3.20. The number of sulfone groups is 1. The summed E-state index contributed by atoms with van der Waals surface area (Å²) in [5.74, 6) is 0.0912. The van der Waals surface area contributed by atoms with Crippen molar-refractivity contribution in [3.8, 4) is 0 Å². The Labute approximate surface area is 113 Å². The van der Waals surface area contributed by atoms with Gasteiger partial charge in [0.2, 0.25) is 0 Å². The fourth-order valence-corrected chi connectivity index (χ4v) is 2.90. The molecule has 0 unspecified atom stereocenters. The van der Waals surface area contributed by atoms with Gasteiger partial charge in [-0.05, 0) is 25.1 Å². The third-order valence-corrected chi connectivity index (χ3v) is 4.57. The summed E-state index contributed by atoms with van der Waals surface area (Å²) in [4.78, 5) is 0.378. The van der Waals surface area contributed by atoms with Crippen LogP contribution in [0.5, 0.6) is 0 Å². The van der Waals surface area contributed by atoms with E-state index in [1.807, 2.05) is 25.1 Å². The van der Waals surface area contributed by atoms with Gasteiger partial charge in [-0.2, -0.15) is 0 Å². The number of benzene rings is 1. The summed E-state index contributed by atoms with van der Waals surface area (Å²) in [6.45, 7) is 2.96. The highest BCUT2D eigenvalue weighted by Crippen LogP contribution is 2.11. The maximum absolute atomic E-state index is 12.0. The molecule has 0 bridgehead atoms. The van der Waals surface area contributed by atoms with E-state index in [4.69, 9.17) is 4.42 Å². The van der Waals surface area contributed by atoms with Crippen LogP contribution in [0.1, 0.15) is 11.1 Å². The Morgan fingerprint density at radius 2 is 1.89 bits per heavy atom. The topological polar surface area (TPSA) is 59.3 Å². The second-order valence-corrected chi connectivity index (χ2v) is 6.55. The molecule has 0 aliphatic rings. The van der Waals surface area contributed by atoms with Gasteiger partial charge >= 0.3 is 0 Å². The molecule has 0 aliphatic heterocycles. The minimum Gasteiger partial charge on any atom is -0.472 e. The first-order chi connectivity index (χ1) is 9.08. The lowest BCUT2D eigenvalue weighted by atomic mass is 10.2. The molecule has 0 radical (unpaired) electrons. The Morgan fingerprint density at radius 3 is 2.53 bits per heavy atom. The van der Waals surface area contributed by atoms with Crippen LogP contribution in [0.15, 0.2) is 52.2 Å². The van der Waals surface area contributed by atoms with Crippen molar-refractivity contribution >= 4 is 9.84 Å². The zero-order valence-corrected chi connectivity index (χ0v) is 11.6. The molecule has 0 amide bonds. The van der Waals surface area contributed by atoms with Crippen LogP contribution in [-0.2, 0) is 16.4 Å². The second kappa shape index (κ2) is 6.04. The minimum absolute atomic E-state index is 0.0912.